The van der Waals surface area contributed by atoms with Crippen molar-refractivity contribution in [3.8, 4) is 5.75 Å². The zero-order chi connectivity index (χ0) is 12.9. The monoisotopic (exact) mass is 235 g/mol. The maximum Gasteiger partial charge on any atom is 0.122 e. The van der Waals surface area contributed by atoms with E-state index in [0.29, 0.717) is 0 Å². The van der Waals surface area contributed by atoms with Crippen molar-refractivity contribution in [2.45, 2.75) is 39.0 Å². The fourth-order valence-electron chi connectivity index (χ4n) is 2.25. The van der Waals surface area contributed by atoms with Gasteiger partial charge in [-0.05, 0) is 31.5 Å². The van der Waals surface area contributed by atoms with Crippen molar-refractivity contribution < 1.29 is 4.74 Å². The van der Waals surface area contributed by atoms with E-state index in [-0.39, 0.29) is 5.41 Å². The predicted octanol–water partition coefficient (Wildman–Crippen LogP) is 3.14. The van der Waals surface area contributed by atoms with Crippen LogP contribution < -0.4 is 10.1 Å². The molecule has 0 aromatic heterocycles. The summed E-state index contributed by atoms with van der Waals surface area (Å²) in [5.41, 5.74) is 2.82. The van der Waals surface area contributed by atoms with E-state index in [1.54, 1.807) is 7.11 Å². The van der Waals surface area contributed by atoms with Gasteiger partial charge in [-0.1, -0.05) is 32.9 Å². The number of likely N-dealkylation sites (N-methyl/N-ethyl adjacent to an activating group) is 1. The third-order valence-corrected chi connectivity index (χ3v) is 3.67. The second-order valence-corrected chi connectivity index (χ2v) is 4.83. The van der Waals surface area contributed by atoms with Crippen LogP contribution in [0.3, 0.4) is 0 Å². The van der Waals surface area contributed by atoms with Gasteiger partial charge < -0.3 is 10.1 Å². The molecule has 0 saturated carbocycles. The van der Waals surface area contributed by atoms with Gasteiger partial charge in [-0.15, -0.1) is 0 Å². The van der Waals surface area contributed by atoms with Crippen molar-refractivity contribution in [3.05, 3.63) is 29.3 Å². The molecular formula is C15H25NO. The Morgan fingerprint density at radius 2 is 2.00 bits per heavy atom. The molecule has 0 heterocycles. The van der Waals surface area contributed by atoms with Crippen molar-refractivity contribution in [2.24, 2.45) is 0 Å². The van der Waals surface area contributed by atoms with Gasteiger partial charge in [0.05, 0.1) is 7.11 Å². The number of hydrogen-bond donors (Lipinski definition) is 1. The highest BCUT2D eigenvalue weighted by Crippen LogP contribution is 2.34. The minimum absolute atomic E-state index is 0.130. The van der Waals surface area contributed by atoms with Crippen LogP contribution in [0.4, 0.5) is 0 Å². The van der Waals surface area contributed by atoms with Crippen LogP contribution in [0.25, 0.3) is 0 Å². The van der Waals surface area contributed by atoms with Crippen LogP contribution in [-0.2, 0) is 11.8 Å². The topological polar surface area (TPSA) is 21.3 Å². The number of benzene rings is 1. The second kappa shape index (κ2) is 6.06. The van der Waals surface area contributed by atoms with Gasteiger partial charge in [-0.2, -0.15) is 0 Å². The van der Waals surface area contributed by atoms with Crippen LogP contribution in [0.1, 0.15) is 38.3 Å². The van der Waals surface area contributed by atoms with Crippen LogP contribution >= 0.6 is 0 Å². The number of ether oxygens (including phenoxy) is 1. The number of methoxy groups -OCH3 is 1. The summed E-state index contributed by atoms with van der Waals surface area (Å²) in [6.45, 7) is 7.68. The molecule has 2 heteroatoms. The van der Waals surface area contributed by atoms with Crippen molar-refractivity contribution in [1.82, 2.24) is 5.32 Å². The van der Waals surface area contributed by atoms with Gasteiger partial charge in [0.25, 0.3) is 0 Å². The summed E-state index contributed by atoms with van der Waals surface area (Å²) in [6, 6.07) is 6.54. The lowest BCUT2D eigenvalue weighted by Gasteiger charge is -2.30. The van der Waals surface area contributed by atoms with E-state index in [1.165, 1.54) is 11.1 Å². The van der Waals surface area contributed by atoms with Crippen molar-refractivity contribution in [1.29, 1.82) is 0 Å². The zero-order valence-electron chi connectivity index (χ0n) is 11.8. The molecule has 0 spiro atoms. The number of hydrogen-bond acceptors (Lipinski definition) is 2. The SMILES string of the molecule is CCc1ccc(OC)c(C(C)(CC)CNC)c1. The summed E-state index contributed by atoms with van der Waals surface area (Å²) in [6.07, 6.45) is 2.16. The number of rotatable bonds is 6. The Bertz CT molecular complexity index is 362. The van der Waals surface area contributed by atoms with Gasteiger partial charge in [0, 0.05) is 17.5 Å². The highest BCUT2D eigenvalue weighted by Gasteiger charge is 2.27. The highest BCUT2D eigenvalue weighted by molar-refractivity contribution is 5.42. The van der Waals surface area contributed by atoms with Gasteiger partial charge in [0.2, 0.25) is 0 Å². The maximum atomic E-state index is 5.51. The second-order valence-electron chi connectivity index (χ2n) is 4.83. The highest BCUT2D eigenvalue weighted by atomic mass is 16.5. The minimum atomic E-state index is 0.130. The van der Waals surface area contributed by atoms with Crippen LogP contribution in [0.5, 0.6) is 5.75 Å². The predicted molar refractivity (Wildman–Crippen MR) is 73.9 cm³/mol. The molecule has 0 aliphatic heterocycles. The molecule has 1 aromatic carbocycles. The van der Waals surface area contributed by atoms with Crippen LogP contribution in [-0.4, -0.2) is 20.7 Å². The third kappa shape index (κ3) is 3.01. The molecular weight excluding hydrogens is 210 g/mol. The van der Waals surface area contributed by atoms with Crippen molar-refractivity contribution in [3.63, 3.8) is 0 Å². The molecule has 0 saturated heterocycles. The molecule has 0 aliphatic carbocycles. The molecule has 1 N–H and O–H groups in total. The Morgan fingerprint density at radius 1 is 1.29 bits per heavy atom. The van der Waals surface area contributed by atoms with E-state index in [2.05, 4.69) is 44.3 Å². The summed E-state index contributed by atoms with van der Waals surface area (Å²) in [5.74, 6) is 1.00. The van der Waals surface area contributed by atoms with Gasteiger partial charge in [-0.3, -0.25) is 0 Å². The first-order chi connectivity index (χ1) is 8.11. The normalized spacial score (nSPS) is 14.4. The fourth-order valence-corrected chi connectivity index (χ4v) is 2.25. The first-order valence-corrected chi connectivity index (χ1v) is 6.43. The summed E-state index contributed by atoms with van der Waals surface area (Å²) in [7, 11) is 3.75. The summed E-state index contributed by atoms with van der Waals surface area (Å²) < 4.78 is 5.51. The van der Waals surface area contributed by atoms with Crippen molar-refractivity contribution in [2.75, 3.05) is 20.7 Å². The molecule has 1 unspecified atom stereocenters. The summed E-state index contributed by atoms with van der Waals surface area (Å²) in [5, 5.41) is 3.29. The Morgan fingerprint density at radius 3 is 2.47 bits per heavy atom. The van der Waals surface area contributed by atoms with Gasteiger partial charge in [-0.25, -0.2) is 0 Å². The fraction of sp³-hybridized carbons (Fsp3) is 0.600. The Labute approximate surface area is 105 Å². The van der Waals surface area contributed by atoms with E-state index in [9.17, 15) is 0 Å². The first-order valence-electron chi connectivity index (χ1n) is 6.43. The molecule has 0 amide bonds. The standard InChI is InChI=1S/C15H25NO/c1-6-12-8-9-14(17-5)13(10-12)15(3,7-2)11-16-4/h8-10,16H,6-7,11H2,1-5H3. The van der Waals surface area contributed by atoms with Crippen LogP contribution in [0.15, 0.2) is 18.2 Å². The summed E-state index contributed by atoms with van der Waals surface area (Å²) in [4.78, 5) is 0. The Hall–Kier alpha value is -1.02. The zero-order valence-corrected chi connectivity index (χ0v) is 11.8. The molecule has 0 bridgehead atoms. The van der Waals surface area contributed by atoms with Crippen LogP contribution in [0, 0.1) is 0 Å². The average Bonchev–Trinajstić information content (AvgIpc) is 2.38. The Kier molecular flexibility index (Phi) is 5.01. The molecule has 1 atom stereocenters. The van der Waals surface area contributed by atoms with E-state index >= 15 is 0 Å². The minimum Gasteiger partial charge on any atom is -0.496 e. The van der Waals surface area contributed by atoms with E-state index in [0.717, 1.165) is 25.1 Å². The average molecular weight is 235 g/mol. The van der Waals surface area contributed by atoms with Gasteiger partial charge in [0.1, 0.15) is 5.75 Å². The van der Waals surface area contributed by atoms with Crippen LogP contribution in [0.2, 0.25) is 0 Å². The molecule has 1 aromatic rings. The van der Waals surface area contributed by atoms with Gasteiger partial charge in [0.15, 0.2) is 0 Å². The van der Waals surface area contributed by atoms with Crippen molar-refractivity contribution >= 4 is 0 Å². The third-order valence-electron chi connectivity index (χ3n) is 3.67. The molecule has 0 fully saturated rings. The Balaban J connectivity index is 3.24. The van der Waals surface area contributed by atoms with E-state index in [1.807, 2.05) is 7.05 Å². The number of aryl methyl sites for hydroxylation is 1. The smallest absolute Gasteiger partial charge is 0.122 e. The molecule has 1 rings (SSSR count). The number of nitrogens with one attached hydrogen (secondary N) is 1. The molecule has 96 valence electrons. The molecule has 2 nitrogen and oxygen atoms in total. The lowest BCUT2D eigenvalue weighted by Crippen LogP contribution is -2.33. The van der Waals surface area contributed by atoms with E-state index in [4.69, 9.17) is 4.74 Å². The molecule has 0 aliphatic rings. The maximum absolute atomic E-state index is 5.51. The quantitative estimate of drug-likeness (QED) is 0.818. The molecule has 0 radical (unpaired) electrons. The molecule has 17 heavy (non-hydrogen) atoms. The van der Waals surface area contributed by atoms with E-state index < -0.39 is 0 Å². The lowest BCUT2D eigenvalue weighted by molar-refractivity contribution is 0.373. The largest absolute Gasteiger partial charge is 0.496 e. The first kappa shape index (κ1) is 14.0. The van der Waals surface area contributed by atoms with Gasteiger partial charge >= 0.3 is 0 Å². The lowest BCUT2D eigenvalue weighted by atomic mass is 9.78. The summed E-state index contributed by atoms with van der Waals surface area (Å²) >= 11 is 0.